The van der Waals surface area contributed by atoms with Gasteiger partial charge in [-0.3, -0.25) is 4.79 Å². The van der Waals surface area contributed by atoms with Crippen LogP contribution in [-0.2, 0) is 5.41 Å². The Kier molecular flexibility index (Phi) is 5.27. The lowest BCUT2D eigenvalue weighted by molar-refractivity contribution is 0.739. The molecule has 0 saturated carbocycles. The Labute approximate surface area is 187 Å². The van der Waals surface area contributed by atoms with Crippen LogP contribution in [0.15, 0.2) is 138 Å². The molecule has 0 aliphatic heterocycles. The molecule has 0 aliphatic carbocycles. The number of pyridine rings is 1. The summed E-state index contributed by atoms with van der Waals surface area (Å²) in [7, 11) is 0. The molecule has 0 unspecified atom stereocenters. The van der Waals surface area contributed by atoms with Gasteiger partial charge < -0.3 is 4.98 Å². The highest BCUT2D eigenvalue weighted by Crippen LogP contribution is 2.45. The number of nitrogens with one attached hydrogen (secondary N) is 1. The Morgan fingerprint density at radius 3 is 1.38 bits per heavy atom. The van der Waals surface area contributed by atoms with Gasteiger partial charge in [0.25, 0.3) is 0 Å². The van der Waals surface area contributed by atoms with E-state index in [1.165, 1.54) is 11.1 Å². The van der Waals surface area contributed by atoms with Crippen LogP contribution in [0.4, 0.5) is 0 Å². The van der Waals surface area contributed by atoms with E-state index in [1.807, 2.05) is 30.5 Å². The van der Waals surface area contributed by atoms with Crippen LogP contribution in [-0.4, -0.2) is 4.98 Å². The van der Waals surface area contributed by atoms with Gasteiger partial charge in [0.1, 0.15) is 0 Å². The summed E-state index contributed by atoms with van der Waals surface area (Å²) in [6.07, 6.45) is 1.84. The summed E-state index contributed by atoms with van der Waals surface area (Å²) in [5.74, 6) is 0. The molecule has 4 aromatic carbocycles. The normalized spacial score (nSPS) is 11.2. The molecule has 0 fully saturated rings. The second-order valence-electron chi connectivity index (χ2n) is 7.87. The topological polar surface area (TPSA) is 32.9 Å². The number of benzene rings is 4. The van der Waals surface area contributed by atoms with Crippen LogP contribution in [0.2, 0.25) is 0 Å². The number of H-pyrrole nitrogens is 1. The molecule has 0 radical (unpaired) electrons. The second kappa shape index (κ2) is 8.52. The molecule has 5 rings (SSSR count). The summed E-state index contributed by atoms with van der Waals surface area (Å²) in [5, 5.41) is 0. The van der Waals surface area contributed by atoms with Gasteiger partial charge in [-0.2, -0.15) is 0 Å². The van der Waals surface area contributed by atoms with E-state index in [9.17, 15) is 4.79 Å². The molecule has 32 heavy (non-hydrogen) atoms. The number of rotatable bonds is 5. The van der Waals surface area contributed by atoms with Crippen molar-refractivity contribution >= 4 is 0 Å². The van der Waals surface area contributed by atoms with E-state index in [0.717, 1.165) is 22.3 Å². The second-order valence-corrected chi connectivity index (χ2v) is 7.87. The minimum atomic E-state index is -0.568. The molecule has 0 amide bonds. The fraction of sp³-hybridized carbons (Fsp3) is 0.0333. The highest BCUT2D eigenvalue weighted by atomic mass is 16.1. The molecule has 1 aromatic heterocycles. The molecule has 1 N–H and O–H groups in total. The average molecular weight is 414 g/mol. The van der Waals surface area contributed by atoms with E-state index in [4.69, 9.17) is 0 Å². The third-order valence-electron chi connectivity index (χ3n) is 6.06. The molecule has 0 bridgehead atoms. The third-order valence-corrected chi connectivity index (χ3v) is 6.06. The van der Waals surface area contributed by atoms with Crippen LogP contribution < -0.4 is 5.56 Å². The first-order valence-corrected chi connectivity index (χ1v) is 10.7. The molecular weight excluding hydrogens is 390 g/mol. The van der Waals surface area contributed by atoms with Crippen LogP contribution in [0.25, 0.3) is 11.1 Å². The fourth-order valence-electron chi connectivity index (χ4n) is 4.56. The summed E-state index contributed by atoms with van der Waals surface area (Å²) in [6.45, 7) is 0. The molecule has 2 nitrogen and oxygen atoms in total. The van der Waals surface area contributed by atoms with E-state index < -0.39 is 5.41 Å². The molecule has 1 heterocycles. The number of hydrogen-bond acceptors (Lipinski definition) is 1. The summed E-state index contributed by atoms with van der Waals surface area (Å²) in [6, 6.07) is 43.6. The quantitative estimate of drug-likeness (QED) is 0.331. The molecule has 0 atom stereocenters. The molecule has 0 aliphatic rings. The van der Waals surface area contributed by atoms with Crippen molar-refractivity contribution in [3.63, 3.8) is 0 Å². The maximum Gasteiger partial charge on any atom is 0.247 e. The summed E-state index contributed by atoms with van der Waals surface area (Å²) < 4.78 is 0. The van der Waals surface area contributed by atoms with Crippen molar-refractivity contribution < 1.29 is 0 Å². The van der Waals surface area contributed by atoms with Gasteiger partial charge in [0, 0.05) is 12.3 Å². The van der Waals surface area contributed by atoms with Crippen LogP contribution in [0.5, 0.6) is 0 Å². The lowest BCUT2D eigenvalue weighted by Crippen LogP contribution is -2.31. The minimum absolute atomic E-state index is 0.108. The zero-order valence-corrected chi connectivity index (χ0v) is 17.6. The van der Waals surface area contributed by atoms with Crippen LogP contribution in [0.3, 0.4) is 0 Å². The summed E-state index contributed by atoms with van der Waals surface area (Å²) in [4.78, 5) is 14.8. The van der Waals surface area contributed by atoms with Crippen LogP contribution in [0, 0.1) is 0 Å². The van der Waals surface area contributed by atoms with Gasteiger partial charge >= 0.3 is 0 Å². The maximum atomic E-state index is 11.9. The zero-order chi connectivity index (χ0) is 21.8. The molecule has 0 saturated heterocycles. The third kappa shape index (κ3) is 3.46. The number of hydrogen-bond donors (Lipinski definition) is 1. The average Bonchev–Trinajstić information content (AvgIpc) is 2.88. The van der Waals surface area contributed by atoms with Gasteiger partial charge in [0.2, 0.25) is 5.56 Å². The van der Waals surface area contributed by atoms with Gasteiger partial charge in [0.05, 0.1) is 5.41 Å². The monoisotopic (exact) mass is 413 g/mol. The molecule has 0 spiro atoms. The lowest BCUT2D eigenvalue weighted by atomic mass is 9.65. The Hall–Kier alpha value is -4.17. The van der Waals surface area contributed by atoms with Crippen LogP contribution >= 0.6 is 0 Å². The molecule has 2 heteroatoms. The van der Waals surface area contributed by atoms with Gasteiger partial charge in [0.15, 0.2) is 0 Å². The first-order valence-electron chi connectivity index (χ1n) is 10.7. The van der Waals surface area contributed by atoms with Crippen LogP contribution in [0.1, 0.15) is 22.3 Å². The number of aromatic nitrogens is 1. The number of aromatic amines is 1. The van der Waals surface area contributed by atoms with E-state index in [2.05, 4.69) is 102 Å². The van der Waals surface area contributed by atoms with Crippen molar-refractivity contribution in [2.45, 2.75) is 5.41 Å². The van der Waals surface area contributed by atoms with Gasteiger partial charge in [-0.15, -0.1) is 0 Å². The first kappa shape index (κ1) is 19.8. The van der Waals surface area contributed by atoms with Crippen molar-refractivity contribution in [1.82, 2.24) is 4.98 Å². The first-order chi connectivity index (χ1) is 15.8. The minimum Gasteiger partial charge on any atom is -0.329 e. The fourth-order valence-corrected chi connectivity index (χ4v) is 4.56. The highest BCUT2D eigenvalue weighted by Gasteiger charge is 2.38. The van der Waals surface area contributed by atoms with Crippen molar-refractivity contribution in [1.29, 1.82) is 0 Å². The Balaban J connectivity index is 1.80. The summed E-state index contributed by atoms with van der Waals surface area (Å²) in [5.41, 5.74) is 6.13. The maximum absolute atomic E-state index is 11.9. The van der Waals surface area contributed by atoms with E-state index >= 15 is 0 Å². The lowest BCUT2D eigenvalue weighted by Gasteiger charge is -2.36. The van der Waals surface area contributed by atoms with Crippen molar-refractivity contribution in [3.8, 4) is 11.1 Å². The SMILES string of the molecule is O=c1ccc(C(c2ccccc2)(c2ccccc2)c2ccc(-c3ccccc3)cc2)c[nH]1. The van der Waals surface area contributed by atoms with Gasteiger partial charge in [-0.05, 0) is 33.4 Å². The van der Waals surface area contributed by atoms with Crippen molar-refractivity contribution in [2.75, 3.05) is 0 Å². The predicted octanol–water partition coefficient (Wildman–Crippen LogP) is 6.42. The summed E-state index contributed by atoms with van der Waals surface area (Å²) >= 11 is 0. The molecule has 5 aromatic rings. The largest absolute Gasteiger partial charge is 0.329 e. The van der Waals surface area contributed by atoms with Crippen molar-refractivity contribution in [2.24, 2.45) is 0 Å². The Morgan fingerprint density at radius 2 is 0.875 bits per heavy atom. The standard InChI is InChI=1S/C30H23NO/c32-29-21-20-28(22-31-29)30(25-12-6-2-7-13-25,26-14-8-3-9-15-26)27-18-16-24(17-19-27)23-10-4-1-5-11-23/h1-22H,(H,31,32). The van der Waals surface area contributed by atoms with Gasteiger partial charge in [-0.25, -0.2) is 0 Å². The Morgan fingerprint density at radius 1 is 0.438 bits per heavy atom. The van der Waals surface area contributed by atoms with E-state index in [0.29, 0.717) is 0 Å². The highest BCUT2D eigenvalue weighted by molar-refractivity contribution is 5.66. The van der Waals surface area contributed by atoms with E-state index in [1.54, 1.807) is 6.07 Å². The van der Waals surface area contributed by atoms with Crippen molar-refractivity contribution in [3.05, 3.63) is 166 Å². The molecular formula is C30H23NO. The molecule has 154 valence electrons. The van der Waals surface area contributed by atoms with Gasteiger partial charge in [-0.1, -0.05) is 121 Å². The Bertz CT molecular complexity index is 1300. The van der Waals surface area contributed by atoms with E-state index in [-0.39, 0.29) is 5.56 Å². The zero-order valence-electron chi connectivity index (χ0n) is 17.6. The predicted molar refractivity (Wildman–Crippen MR) is 131 cm³/mol. The smallest absolute Gasteiger partial charge is 0.247 e.